The highest BCUT2D eigenvalue weighted by atomic mass is 32.2. The maximum absolute atomic E-state index is 14.2. The lowest BCUT2D eigenvalue weighted by atomic mass is 9.81. The van der Waals surface area contributed by atoms with Crippen LogP contribution in [0.4, 0.5) is 0 Å². The molecule has 234 valence electrons. The number of methoxy groups -OCH3 is 1. The van der Waals surface area contributed by atoms with Gasteiger partial charge in [0.1, 0.15) is 5.75 Å². The lowest BCUT2D eigenvalue weighted by Crippen LogP contribution is -2.40. The first kappa shape index (κ1) is 29.3. The number of amides is 2. The average Bonchev–Trinajstić information content (AvgIpc) is 3.39. The number of nitrogens with one attached hydrogen (secondary N) is 2. The second-order valence-corrected chi connectivity index (χ2v) is 15.3. The van der Waals surface area contributed by atoms with Gasteiger partial charge in [-0.3, -0.25) is 9.59 Å². The van der Waals surface area contributed by atoms with Gasteiger partial charge in [0.2, 0.25) is 5.91 Å². The van der Waals surface area contributed by atoms with Crippen molar-refractivity contribution in [3.8, 4) is 17.0 Å². The van der Waals surface area contributed by atoms with Gasteiger partial charge < -0.3 is 14.6 Å². The summed E-state index contributed by atoms with van der Waals surface area (Å²) >= 11 is 0. The quantitative estimate of drug-likeness (QED) is 0.366. The van der Waals surface area contributed by atoms with Crippen LogP contribution < -0.4 is 14.8 Å². The molecule has 1 aliphatic heterocycles. The third-order valence-electron chi connectivity index (χ3n) is 10.6. The van der Waals surface area contributed by atoms with Gasteiger partial charge in [0.25, 0.3) is 5.91 Å². The van der Waals surface area contributed by atoms with Gasteiger partial charge in [0.15, 0.2) is 0 Å². The normalized spacial score (nSPS) is 23.5. The number of benzene rings is 2. The summed E-state index contributed by atoms with van der Waals surface area (Å²) < 4.78 is 36.1. The summed E-state index contributed by atoms with van der Waals surface area (Å²) in [5.74, 6) is 0.657. The Balaban J connectivity index is 1.42. The number of hydrogen-bond acceptors (Lipinski definition) is 5. The number of ether oxygens (including phenoxy) is 1. The van der Waals surface area contributed by atoms with E-state index in [2.05, 4.69) is 26.7 Å². The van der Waals surface area contributed by atoms with Gasteiger partial charge in [0, 0.05) is 54.6 Å². The molecule has 2 unspecified atom stereocenters. The second-order valence-electron chi connectivity index (χ2n) is 13.5. The summed E-state index contributed by atoms with van der Waals surface area (Å²) in [5, 5.41) is 4.49. The Hall–Kier alpha value is -3.37. The maximum atomic E-state index is 14.2. The molecular weight excluding hydrogens is 576 g/mol. The first-order valence-electron chi connectivity index (χ1n) is 16.0. The highest BCUT2D eigenvalue weighted by molar-refractivity contribution is 7.87. The van der Waals surface area contributed by atoms with Crippen LogP contribution in [0.1, 0.15) is 97.5 Å². The first-order chi connectivity index (χ1) is 21.1. The Labute approximate surface area is 259 Å². The molecule has 3 saturated carbocycles. The fourth-order valence-corrected chi connectivity index (χ4v) is 8.64. The molecule has 2 atom stereocenters. The zero-order valence-corrected chi connectivity index (χ0v) is 26.6. The van der Waals surface area contributed by atoms with Gasteiger partial charge in [-0.15, -0.1) is 0 Å². The Morgan fingerprint density at radius 2 is 1.70 bits per heavy atom. The summed E-state index contributed by atoms with van der Waals surface area (Å²) in [6, 6.07) is 12.0. The van der Waals surface area contributed by atoms with E-state index in [0.717, 1.165) is 82.7 Å². The third-order valence-corrected chi connectivity index (χ3v) is 12.0. The van der Waals surface area contributed by atoms with Crippen molar-refractivity contribution in [3.05, 3.63) is 53.1 Å². The lowest BCUT2D eigenvalue weighted by molar-refractivity contribution is -0.127. The SMILES string of the molecule is COc1ccc2c(c1)C1CC1(C(=O)NC1CCCC1)Cn1c-2c(C2CCCCC2)c2ccc(C(=O)NS(=O)(=O)N(C)C)cc21. The molecule has 0 bridgehead atoms. The zero-order valence-electron chi connectivity index (χ0n) is 25.8. The minimum Gasteiger partial charge on any atom is -0.497 e. The van der Waals surface area contributed by atoms with Crippen molar-refractivity contribution in [1.29, 1.82) is 0 Å². The molecule has 0 saturated heterocycles. The Morgan fingerprint density at radius 1 is 0.977 bits per heavy atom. The molecule has 2 aromatic carbocycles. The van der Waals surface area contributed by atoms with E-state index in [1.54, 1.807) is 13.2 Å². The van der Waals surface area contributed by atoms with Crippen molar-refractivity contribution in [2.75, 3.05) is 21.2 Å². The minimum absolute atomic E-state index is 0.0693. The average molecular weight is 619 g/mol. The smallest absolute Gasteiger partial charge is 0.303 e. The van der Waals surface area contributed by atoms with E-state index in [0.29, 0.717) is 12.5 Å². The number of carbonyl (C=O) groups excluding carboxylic acids is 2. The largest absolute Gasteiger partial charge is 0.497 e. The molecule has 44 heavy (non-hydrogen) atoms. The van der Waals surface area contributed by atoms with E-state index in [1.165, 1.54) is 38.9 Å². The van der Waals surface area contributed by atoms with Crippen molar-refractivity contribution in [3.63, 3.8) is 0 Å². The van der Waals surface area contributed by atoms with Crippen LogP contribution in [0.2, 0.25) is 0 Å². The molecule has 2 amide bonds. The van der Waals surface area contributed by atoms with E-state index in [9.17, 15) is 18.0 Å². The van der Waals surface area contributed by atoms with Crippen molar-refractivity contribution in [2.24, 2.45) is 5.41 Å². The van der Waals surface area contributed by atoms with Gasteiger partial charge in [0.05, 0.1) is 18.2 Å². The van der Waals surface area contributed by atoms with E-state index in [4.69, 9.17) is 4.74 Å². The standard InChI is InChI=1S/C34H42N4O5S/c1-37(2)44(41,42)36-32(39)22-13-15-26-29(17-22)38-20-34(33(40)35-23-11-7-8-12-23)19-28(34)27-18-24(43-3)14-16-25(27)31(38)30(26)21-9-5-4-6-10-21/h13-18,21,23,28H,4-12,19-20H2,1-3H3,(H,35,40)(H,36,39). The lowest BCUT2D eigenvalue weighted by Gasteiger charge is -2.24. The maximum Gasteiger partial charge on any atom is 0.303 e. The molecule has 0 spiro atoms. The van der Waals surface area contributed by atoms with Crippen LogP contribution in [0.25, 0.3) is 22.2 Å². The van der Waals surface area contributed by atoms with Crippen molar-refractivity contribution >= 4 is 32.9 Å². The second kappa shape index (κ2) is 10.9. The van der Waals surface area contributed by atoms with E-state index in [1.807, 2.05) is 18.2 Å². The molecule has 2 heterocycles. The van der Waals surface area contributed by atoms with Crippen LogP contribution in [0.5, 0.6) is 5.75 Å². The van der Waals surface area contributed by atoms with E-state index < -0.39 is 21.5 Å². The van der Waals surface area contributed by atoms with Crippen molar-refractivity contribution < 1.29 is 22.7 Å². The third kappa shape index (κ3) is 4.81. The molecule has 4 aliphatic rings. The van der Waals surface area contributed by atoms with Gasteiger partial charge in [-0.1, -0.05) is 38.2 Å². The highest BCUT2D eigenvalue weighted by Crippen LogP contribution is 2.65. The van der Waals surface area contributed by atoms with E-state index >= 15 is 0 Å². The van der Waals surface area contributed by atoms with Gasteiger partial charge in [-0.25, -0.2) is 4.72 Å². The van der Waals surface area contributed by atoms with Crippen LogP contribution in [-0.2, 0) is 21.5 Å². The number of rotatable bonds is 7. The zero-order chi connectivity index (χ0) is 30.8. The Bertz CT molecular complexity index is 1750. The monoisotopic (exact) mass is 618 g/mol. The van der Waals surface area contributed by atoms with Crippen LogP contribution in [0, 0.1) is 5.41 Å². The molecule has 7 rings (SSSR count). The number of hydrogen-bond donors (Lipinski definition) is 2. The van der Waals surface area contributed by atoms with Gasteiger partial charge in [-0.05, 0) is 79.5 Å². The number of nitrogens with zero attached hydrogens (tertiary/aromatic N) is 2. The molecule has 3 aliphatic carbocycles. The minimum atomic E-state index is -3.95. The predicted molar refractivity (Wildman–Crippen MR) is 170 cm³/mol. The molecule has 10 heteroatoms. The summed E-state index contributed by atoms with van der Waals surface area (Å²) in [7, 11) is 0.498. The van der Waals surface area contributed by atoms with Crippen molar-refractivity contribution in [2.45, 2.75) is 88.6 Å². The first-order valence-corrected chi connectivity index (χ1v) is 17.5. The molecule has 2 N–H and O–H groups in total. The number of aromatic nitrogens is 1. The summed E-state index contributed by atoms with van der Waals surface area (Å²) in [6.45, 7) is 0.507. The number of carbonyl (C=O) groups is 2. The molecule has 0 radical (unpaired) electrons. The van der Waals surface area contributed by atoms with Crippen LogP contribution in [-0.4, -0.2) is 56.4 Å². The Kier molecular flexibility index (Phi) is 7.28. The fourth-order valence-electron chi connectivity index (χ4n) is 8.11. The molecular formula is C34H42N4O5S. The summed E-state index contributed by atoms with van der Waals surface area (Å²) in [6.07, 6.45) is 10.9. The predicted octanol–water partition coefficient (Wildman–Crippen LogP) is 5.45. The molecule has 3 fully saturated rings. The van der Waals surface area contributed by atoms with Crippen molar-refractivity contribution in [1.82, 2.24) is 18.9 Å². The van der Waals surface area contributed by atoms with Gasteiger partial charge in [-0.2, -0.15) is 12.7 Å². The van der Waals surface area contributed by atoms with Crippen LogP contribution in [0.15, 0.2) is 36.4 Å². The van der Waals surface area contributed by atoms with Crippen LogP contribution in [0.3, 0.4) is 0 Å². The molecule has 3 aromatic rings. The topological polar surface area (TPSA) is 110 Å². The number of fused-ring (bicyclic) bond motifs is 7. The van der Waals surface area contributed by atoms with E-state index in [-0.39, 0.29) is 23.4 Å². The fraction of sp³-hybridized carbons (Fsp3) is 0.529. The Morgan fingerprint density at radius 3 is 2.41 bits per heavy atom. The highest BCUT2D eigenvalue weighted by Gasteiger charge is 2.63. The van der Waals surface area contributed by atoms with Gasteiger partial charge >= 0.3 is 10.2 Å². The summed E-state index contributed by atoms with van der Waals surface area (Å²) in [4.78, 5) is 27.4. The van der Waals surface area contributed by atoms with Crippen LogP contribution >= 0.6 is 0 Å². The molecule has 1 aromatic heterocycles. The summed E-state index contributed by atoms with van der Waals surface area (Å²) in [5.41, 5.74) is 5.24. The molecule has 9 nitrogen and oxygen atoms in total.